The van der Waals surface area contributed by atoms with Crippen LogP contribution >= 0.6 is 0 Å². The van der Waals surface area contributed by atoms with Crippen molar-refractivity contribution in [1.82, 2.24) is 10.2 Å². The minimum absolute atomic E-state index is 0.312. The quantitative estimate of drug-likeness (QED) is 0.824. The Hall–Kier alpha value is -2.11. The van der Waals surface area contributed by atoms with Gasteiger partial charge in [0.25, 0.3) is 0 Å². The van der Waals surface area contributed by atoms with Crippen LogP contribution in [0, 0.1) is 16.7 Å². The number of ketones is 1. The van der Waals surface area contributed by atoms with E-state index >= 15 is 0 Å². The van der Waals surface area contributed by atoms with Gasteiger partial charge in [-0.05, 0) is 25.7 Å². The number of nitriles is 1. The summed E-state index contributed by atoms with van der Waals surface area (Å²) in [6.45, 7) is -0.492. The lowest BCUT2D eigenvalue weighted by Gasteiger charge is -2.29. The Bertz CT molecular complexity index is 629. The van der Waals surface area contributed by atoms with Crippen molar-refractivity contribution in [2.75, 3.05) is 6.54 Å². The molecule has 1 saturated heterocycles. The first-order valence-corrected chi connectivity index (χ1v) is 7.27. The van der Waals surface area contributed by atoms with Crippen LogP contribution in [0.15, 0.2) is 0 Å². The maximum absolute atomic E-state index is 13.1. The summed E-state index contributed by atoms with van der Waals surface area (Å²) in [4.78, 5) is 36.9. The topological polar surface area (TPSA) is 90.3 Å². The average molecular weight is 329 g/mol. The molecule has 2 saturated carbocycles. The molecule has 0 aromatic rings. The standard InChI is InChI=1S/C14H14F3N3O3/c15-14(16,17)13(3-4-13)11(23)20-6-8(21)5-9(20)10(22)19-12(7-18)1-2-12/h9H,1-6H2,(H,19,22)/t9-/m0/s1. The molecule has 0 aromatic carbocycles. The molecule has 0 aromatic heterocycles. The summed E-state index contributed by atoms with van der Waals surface area (Å²) >= 11 is 0. The zero-order valence-electron chi connectivity index (χ0n) is 12.1. The number of hydrogen-bond donors (Lipinski definition) is 1. The van der Waals surface area contributed by atoms with E-state index in [-0.39, 0.29) is 19.3 Å². The highest BCUT2D eigenvalue weighted by atomic mass is 19.4. The summed E-state index contributed by atoms with van der Waals surface area (Å²) in [5.41, 5.74) is -3.46. The molecule has 2 aliphatic carbocycles. The molecule has 1 heterocycles. The van der Waals surface area contributed by atoms with Gasteiger partial charge >= 0.3 is 6.18 Å². The van der Waals surface area contributed by atoms with Gasteiger partial charge < -0.3 is 10.2 Å². The van der Waals surface area contributed by atoms with E-state index < -0.39 is 47.3 Å². The zero-order chi connectivity index (χ0) is 17.0. The highest BCUT2D eigenvalue weighted by molar-refractivity contribution is 6.01. The van der Waals surface area contributed by atoms with Crippen molar-refractivity contribution in [3.05, 3.63) is 0 Å². The first-order chi connectivity index (χ1) is 10.6. The number of alkyl halides is 3. The van der Waals surface area contributed by atoms with Crippen LogP contribution in [-0.2, 0) is 14.4 Å². The number of likely N-dealkylation sites (tertiary alicyclic amines) is 1. The van der Waals surface area contributed by atoms with Gasteiger partial charge in [0, 0.05) is 6.42 Å². The van der Waals surface area contributed by atoms with E-state index in [4.69, 9.17) is 5.26 Å². The number of carbonyl (C=O) groups excluding carboxylic acids is 3. The number of carbonyl (C=O) groups is 3. The summed E-state index contributed by atoms with van der Waals surface area (Å²) in [5.74, 6) is -2.41. The van der Waals surface area contributed by atoms with Crippen LogP contribution in [0.3, 0.4) is 0 Å². The summed E-state index contributed by atoms with van der Waals surface area (Å²) in [6, 6.07) is 0.665. The van der Waals surface area contributed by atoms with Crippen LogP contribution < -0.4 is 5.32 Å². The predicted octanol–water partition coefficient (Wildman–Crippen LogP) is 0.671. The third-order valence-electron chi connectivity index (χ3n) is 4.74. The third-order valence-corrected chi connectivity index (χ3v) is 4.74. The zero-order valence-corrected chi connectivity index (χ0v) is 12.1. The van der Waals surface area contributed by atoms with E-state index in [2.05, 4.69) is 5.32 Å². The second-order valence-electron chi connectivity index (χ2n) is 6.45. The van der Waals surface area contributed by atoms with E-state index in [0.29, 0.717) is 12.8 Å². The fourth-order valence-electron chi connectivity index (χ4n) is 2.87. The molecule has 124 valence electrons. The van der Waals surface area contributed by atoms with E-state index in [0.717, 1.165) is 4.90 Å². The lowest BCUT2D eigenvalue weighted by molar-refractivity contribution is -0.199. The minimum atomic E-state index is -4.69. The molecular weight excluding hydrogens is 315 g/mol. The van der Waals surface area contributed by atoms with Crippen LogP contribution in [0.5, 0.6) is 0 Å². The van der Waals surface area contributed by atoms with Crippen LogP contribution in [0.1, 0.15) is 32.1 Å². The maximum atomic E-state index is 13.1. The molecule has 6 nitrogen and oxygen atoms in total. The van der Waals surface area contributed by atoms with Gasteiger partial charge in [-0.15, -0.1) is 0 Å². The number of amides is 2. The molecule has 0 spiro atoms. The average Bonchev–Trinajstić information content (AvgIpc) is 3.36. The second-order valence-corrected chi connectivity index (χ2v) is 6.45. The fraction of sp³-hybridized carbons (Fsp3) is 0.714. The summed E-state index contributed by atoms with van der Waals surface area (Å²) in [5, 5.41) is 11.4. The number of nitrogens with one attached hydrogen (secondary N) is 1. The monoisotopic (exact) mass is 329 g/mol. The summed E-state index contributed by atoms with van der Waals surface area (Å²) in [7, 11) is 0. The largest absolute Gasteiger partial charge is 0.403 e. The van der Waals surface area contributed by atoms with Crippen molar-refractivity contribution in [2.24, 2.45) is 5.41 Å². The number of nitrogens with zero attached hydrogens (tertiary/aromatic N) is 2. The molecule has 3 aliphatic rings. The Balaban J connectivity index is 1.78. The van der Waals surface area contributed by atoms with Crippen molar-refractivity contribution in [2.45, 2.75) is 49.9 Å². The second kappa shape index (κ2) is 4.69. The van der Waals surface area contributed by atoms with Gasteiger partial charge in [-0.2, -0.15) is 18.4 Å². The highest BCUT2D eigenvalue weighted by Crippen LogP contribution is 2.59. The van der Waals surface area contributed by atoms with Crippen molar-refractivity contribution >= 4 is 17.6 Å². The Morgan fingerprint density at radius 1 is 1.26 bits per heavy atom. The summed E-state index contributed by atoms with van der Waals surface area (Å²) in [6.07, 6.45) is -4.74. The van der Waals surface area contributed by atoms with Crippen molar-refractivity contribution in [1.29, 1.82) is 5.26 Å². The van der Waals surface area contributed by atoms with Gasteiger partial charge in [0.1, 0.15) is 17.0 Å². The van der Waals surface area contributed by atoms with Gasteiger partial charge in [0.05, 0.1) is 12.6 Å². The van der Waals surface area contributed by atoms with Crippen LogP contribution in [0.2, 0.25) is 0 Å². The Morgan fingerprint density at radius 3 is 2.30 bits per heavy atom. The molecule has 1 aliphatic heterocycles. The van der Waals surface area contributed by atoms with E-state index in [1.54, 1.807) is 0 Å². The molecular formula is C14H14F3N3O3. The molecule has 1 atom stereocenters. The van der Waals surface area contributed by atoms with E-state index in [9.17, 15) is 27.6 Å². The SMILES string of the molecule is N#CC1(NC(=O)[C@@H]2CC(=O)CN2C(=O)C2(C(F)(F)F)CC2)CC1. The normalized spacial score (nSPS) is 27.3. The van der Waals surface area contributed by atoms with E-state index in [1.807, 2.05) is 6.07 Å². The Morgan fingerprint density at radius 2 is 1.87 bits per heavy atom. The predicted molar refractivity (Wildman–Crippen MR) is 68.6 cm³/mol. The molecule has 0 radical (unpaired) electrons. The number of hydrogen-bond acceptors (Lipinski definition) is 4. The third kappa shape index (κ3) is 2.46. The van der Waals surface area contributed by atoms with Gasteiger partial charge in [0.15, 0.2) is 5.78 Å². The van der Waals surface area contributed by atoms with Crippen molar-refractivity contribution in [3.8, 4) is 6.07 Å². The van der Waals surface area contributed by atoms with Gasteiger partial charge in [-0.3, -0.25) is 14.4 Å². The maximum Gasteiger partial charge on any atom is 0.403 e. The van der Waals surface area contributed by atoms with Gasteiger partial charge in [-0.1, -0.05) is 0 Å². The van der Waals surface area contributed by atoms with Crippen molar-refractivity contribution < 1.29 is 27.6 Å². The molecule has 3 rings (SSSR count). The summed E-state index contributed by atoms with van der Waals surface area (Å²) < 4.78 is 39.3. The Kier molecular flexibility index (Phi) is 3.22. The smallest absolute Gasteiger partial charge is 0.336 e. The minimum Gasteiger partial charge on any atom is -0.336 e. The number of rotatable bonds is 3. The molecule has 0 unspecified atom stereocenters. The first-order valence-electron chi connectivity index (χ1n) is 7.27. The fourth-order valence-corrected chi connectivity index (χ4v) is 2.87. The van der Waals surface area contributed by atoms with Crippen LogP contribution in [0.25, 0.3) is 0 Å². The van der Waals surface area contributed by atoms with Gasteiger partial charge in [0.2, 0.25) is 11.8 Å². The van der Waals surface area contributed by atoms with Crippen LogP contribution in [-0.4, -0.2) is 46.8 Å². The molecule has 2 amide bonds. The lowest BCUT2D eigenvalue weighted by atomic mass is 10.0. The number of halogens is 3. The highest BCUT2D eigenvalue weighted by Gasteiger charge is 2.70. The lowest BCUT2D eigenvalue weighted by Crippen LogP contribution is -2.53. The number of Topliss-reactive ketones (excluding diaryl/α,β-unsaturated/α-hetero) is 1. The Labute approximate surface area is 129 Å². The molecule has 3 fully saturated rings. The molecule has 9 heteroatoms. The first kappa shape index (κ1) is 15.8. The van der Waals surface area contributed by atoms with Crippen LogP contribution in [0.4, 0.5) is 13.2 Å². The molecule has 0 bridgehead atoms. The van der Waals surface area contributed by atoms with Gasteiger partial charge in [-0.25, -0.2) is 0 Å². The molecule has 1 N–H and O–H groups in total. The van der Waals surface area contributed by atoms with E-state index in [1.165, 1.54) is 0 Å². The molecule has 23 heavy (non-hydrogen) atoms. The van der Waals surface area contributed by atoms with Crippen molar-refractivity contribution in [3.63, 3.8) is 0 Å².